The van der Waals surface area contributed by atoms with Crippen molar-refractivity contribution in [2.45, 2.75) is 76.0 Å². The second-order valence-electron chi connectivity index (χ2n) is 9.32. The molecule has 0 radical (unpaired) electrons. The third-order valence-corrected chi connectivity index (χ3v) is 7.79. The molecular formula is C21H35N3O2. The predicted molar refractivity (Wildman–Crippen MR) is 102 cm³/mol. The first kappa shape index (κ1) is 17.3. The van der Waals surface area contributed by atoms with E-state index in [4.69, 9.17) is 9.47 Å². The lowest BCUT2D eigenvalue weighted by atomic mass is 9.54. The summed E-state index contributed by atoms with van der Waals surface area (Å²) in [5, 5.41) is 3.91. The maximum atomic E-state index is 6.14. The van der Waals surface area contributed by atoms with Crippen LogP contribution in [-0.2, 0) is 9.47 Å². The van der Waals surface area contributed by atoms with E-state index in [-0.39, 0.29) is 0 Å². The van der Waals surface area contributed by atoms with Crippen molar-refractivity contribution in [2.75, 3.05) is 33.4 Å². The average molecular weight is 362 g/mol. The van der Waals surface area contributed by atoms with Crippen molar-refractivity contribution in [1.29, 1.82) is 0 Å². The zero-order chi connectivity index (χ0) is 17.6. The third-order valence-electron chi connectivity index (χ3n) is 7.79. The minimum Gasteiger partial charge on any atom is -0.378 e. The van der Waals surface area contributed by atoms with Crippen molar-refractivity contribution >= 4 is 5.96 Å². The van der Waals surface area contributed by atoms with Crippen LogP contribution in [0.25, 0.3) is 0 Å². The van der Waals surface area contributed by atoms with Gasteiger partial charge in [-0.05, 0) is 50.9 Å². The average Bonchev–Trinajstić information content (AvgIpc) is 3.17. The first-order chi connectivity index (χ1) is 12.8. The molecule has 2 saturated heterocycles. The second-order valence-corrected chi connectivity index (χ2v) is 9.32. The van der Waals surface area contributed by atoms with Crippen molar-refractivity contribution < 1.29 is 9.47 Å². The number of guanidine groups is 1. The van der Waals surface area contributed by atoms with Gasteiger partial charge in [0.2, 0.25) is 0 Å². The van der Waals surface area contributed by atoms with E-state index in [0.717, 1.165) is 51.0 Å². The summed E-state index contributed by atoms with van der Waals surface area (Å²) in [4.78, 5) is 7.12. The van der Waals surface area contributed by atoms with Crippen molar-refractivity contribution in [3.8, 4) is 0 Å². The summed E-state index contributed by atoms with van der Waals surface area (Å²) in [7, 11) is 1.95. The zero-order valence-electron chi connectivity index (χ0n) is 16.3. The molecule has 146 valence electrons. The Hall–Kier alpha value is -0.810. The van der Waals surface area contributed by atoms with Crippen LogP contribution in [0.1, 0.15) is 57.8 Å². The summed E-state index contributed by atoms with van der Waals surface area (Å²) in [6.45, 7) is 4.08. The van der Waals surface area contributed by atoms with Gasteiger partial charge in [-0.25, -0.2) is 0 Å². The van der Waals surface area contributed by atoms with Gasteiger partial charge in [-0.15, -0.1) is 0 Å². The van der Waals surface area contributed by atoms with Gasteiger partial charge in [-0.1, -0.05) is 12.8 Å². The zero-order valence-corrected chi connectivity index (χ0v) is 16.3. The lowest BCUT2D eigenvalue weighted by Gasteiger charge is -2.57. The molecule has 0 amide bonds. The van der Waals surface area contributed by atoms with Crippen LogP contribution in [0.4, 0.5) is 0 Å². The number of aliphatic imine (C=N–C) groups is 1. The largest absolute Gasteiger partial charge is 0.378 e. The van der Waals surface area contributed by atoms with Crippen LogP contribution in [-0.4, -0.2) is 62.5 Å². The summed E-state index contributed by atoms with van der Waals surface area (Å²) in [5.41, 5.74) is 0.392. The molecule has 0 aromatic rings. The maximum Gasteiger partial charge on any atom is 0.193 e. The van der Waals surface area contributed by atoms with Crippen LogP contribution < -0.4 is 5.32 Å². The van der Waals surface area contributed by atoms with E-state index in [1.165, 1.54) is 44.9 Å². The monoisotopic (exact) mass is 361 g/mol. The van der Waals surface area contributed by atoms with E-state index in [1.54, 1.807) is 0 Å². The molecule has 3 saturated carbocycles. The Bertz CT molecular complexity index is 533. The van der Waals surface area contributed by atoms with Crippen molar-refractivity contribution in [2.24, 2.45) is 22.2 Å². The van der Waals surface area contributed by atoms with E-state index in [2.05, 4.69) is 15.2 Å². The Morgan fingerprint density at radius 2 is 1.92 bits per heavy atom. The predicted octanol–water partition coefficient (Wildman–Crippen LogP) is 2.80. The Morgan fingerprint density at radius 1 is 1.15 bits per heavy atom. The van der Waals surface area contributed by atoms with E-state index >= 15 is 0 Å². The molecule has 3 unspecified atom stereocenters. The summed E-state index contributed by atoms with van der Waals surface area (Å²) in [6, 6.07) is 0.569. The Morgan fingerprint density at radius 3 is 2.62 bits per heavy atom. The molecule has 3 atom stereocenters. The molecular weight excluding hydrogens is 326 g/mol. The highest BCUT2D eigenvalue weighted by Gasteiger charge is 2.65. The highest BCUT2D eigenvalue weighted by atomic mass is 16.5. The van der Waals surface area contributed by atoms with Gasteiger partial charge in [0.1, 0.15) is 0 Å². The van der Waals surface area contributed by atoms with Crippen LogP contribution in [0.2, 0.25) is 0 Å². The highest BCUT2D eigenvalue weighted by molar-refractivity contribution is 5.80. The fraction of sp³-hybridized carbons (Fsp3) is 0.952. The van der Waals surface area contributed by atoms with Crippen LogP contribution in [0, 0.1) is 17.3 Å². The first-order valence-electron chi connectivity index (χ1n) is 11.0. The number of hydrogen-bond acceptors (Lipinski definition) is 3. The normalized spacial score (nSPS) is 37.0. The maximum absolute atomic E-state index is 6.14. The topological polar surface area (TPSA) is 46.1 Å². The Balaban J connectivity index is 1.18. The van der Waals surface area contributed by atoms with Crippen LogP contribution in [0.15, 0.2) is 4.99 Å². The van der Waals surface area contributed by atoms with E-state index in [0.29, 0.717) is 29.6 Å². The van der Waals surface area contributed by atoms with Gasteiger partial charge in [0, 0.05) is 50.7 Å². The molecule has 2 heterocycles. The minimum absolute atomic E-state index is 0.392. The smallest absolute Gasteiger partial charge is 0.193 e. The molecule has 5 fully saturated rings. The highest BCUT2D eigenvalue weighted by Crippen LogP contribution is 2.60. The Labute approximate surface area is 157 Å². The van der Waals surface area contributed by atoms with Gasteiger partial charge in [0.05, 0.1) is 12.2 Å². The van der Waals surface area contributed by atoms with Gasteiger partial charge in [-0.3, -0.25) is 4.99 Å². The van der Waals surface area contributed by atoms with Crippen LogP contribution in [0.3, 0.4) is 0 Å². The van der Waals surface area contributed by atoms with Crippen molar-refractivity contribution in [3.05, 3.63) is 0 Å². The summed E-state index contributed by atoms with van der Waals surface area (Å²) in [5.74, 6) is 2.68. The lowest BCUT2D eigenvalue weighted by Crippen LogP contribution is -2.69. The number of rotatable bonds is 4. The van der Waals surface area contributed by atoms with Gasteiger partial charge in [0.15, 0.2) is 5.96 Å². The molecule has 0 aromatic heterocycles. The van der Waals surface area contributed by atoms with Gasteiger partial charge < -0.3 is 19.7 Å². The molecule has 5 nitrogen and oxygen atoms in total. The lowest BCUT2D eigenvalue weighted by molar-refractivity contribution is -0.125. The molecule has 5 heteroatoms. The summed E-state index contributed by atoms with van der Waals surface area (Å²) < 4.78 is 12.2. The van der Waals surface area contributed by atoms with E-state index < -0.39 is 0 Å². The van der Waals surface area contributed by atoms with Crippen molar-refractivity contribution in [3.63, 3.8) is 0 Å². The van der Waals surface area contributed by atoms with E-state index in [9.17, 15) is 0 Å². The number of nitrogens with one attached hydrogen (secondary N) is 1. The number of fused-ring (bicyclic) bond motifs is 2. The van der Waals surface area contributed by atoms with Crippen LogP contribution in [0.5, 0.6) is 0 Å². The van der Waals surface area contributed by atoms with Gasteiger partial charge in [-0.2, -0.15) is 0 Å². The number of nitrogens with zero attached hydrogens (tertiary/aromatic N) is 2. The van der Waals surface area contributed by atoms with E-state index in [1.807, 2.05) is 7.05 Å². The minimum atomic E-state index is 0.392. The standard InChI is InChI=1S/C21H35N3O2/c1-22-20(24-11-6-16(7-12-24)26-14-15-4-5-15)23-18-17-8-13-25-19(17)21(18)9-2-3-10-21/h15-19H,2-14H2,1H3,(H,22,23). The number of hydrogen-bond donors (Lipinski definition) is 1. The number of likely N-dealkylation sites (tertiary alicyclic amines) is 1. The quantitative estimate of drug-likeness (QED) is 0.618. The summed E-state index contributed by atoms with van der Waals surface area (Å²) >= 11 is 0. The van der Waals surface area contributed by atoms with Gasteiger partial charge >= 0.3 is 0 Å². The molecule has 5 rings (SSSR count). The van der Waals surface area contributed by atoms with Crippen LogP contribution >= 0.6 is 0 Å². The fourth-order valence-electron chi connectivity index (χ4n) is 6.13. The molecule has 2 aliphatic heterocycles. The SMILES string of the molecule is CN=C(NC1C2CCOC2C12CCCC2)N1CCC(OCC2CC2)CC1. The molecule has 1 spiro atoms. The van der Waals surface area contributed by atoms with Crippen molar-refractivity contribution in [1.82, 2.24) is 10.2 Å². The number of piperidine rings is 1. The third kappa shape index (κ3) is 2.95. The second kappa shape index (κ2) is 6.97. The molecule has 0 aromatic carbocycles. The molecule has 0 bridgehead atoms. The molecule has 3 aliphatic carbocycles. The summed E-state index contributed by atoms with van der Waals surface area (Å²) in [6.07, 6.45) is 12.6. The number of ether oxygens (including phenoxy) is 2. The molecule has 1 N–H and O–H groups in total. The molecule has 26 heavy (non-hydrogen) atoms. The first-order valence-corrected chi connectivity index (χ1v) is 11.0. The van der Waals surface area contributed by atoms with Gasteiger partial charge in [0.25, 0.3) is 0 Å². The fourth-order valence-corrected chi connectivity index (χ4v) is 6.13. The molecule has 5 aliphatic rings. The Kier molecular flexibility index (Phi) is 4.64.